The van der Waals surface area contributed by atoms with Gasteiger partial charge < -0.3 is 19.9 Å². The quantitative estimate of drug-likeness (QED) is 0.836. The summed E-state index contributed by atoms with van der Waals surface area (Å²) in [6.45, 7) is 4.17. The molecule has 5 nitrogen and oxygen atoms in total. The molecule has 1 aliphatic heterocycles. The summed E-state index contributed by atoms with van der Waals surface area (Å²) in [5.74, 6) is 0.778. The van der Waals surface area contributed by atoms with Crippen LogP contribution in [0.5, 0.6) is 5.75 Å². The van der Waals surface area contributed by atoms with Crippen LogP contribution >= 0.6 is 0 Å². The van der Waals surface area contributed by atoms with Crippen LogP contribution in [0, 0.1) is 5.92 Å². The fourth-order valence-corrected chi connectivity index (χ4v) is 2.44. The van der Waals surface area contributed by atoms with Gasteiger partial charge >= 0.3 is 0 Å². The molecule has 5 heteroatoms. The Morgan fingerprint density at radius 2 is 2.05 bits per heavy atom. The number of carbonyl (C=O) groups excluding carboxylic acids is 1. The van der Waals surface area contributed by atoms with E-state index in [1.54, 1.807) is 24.3 Å². The zero-order chi connectivity index (χ0) is 15.1. The van der Waals surface area contributed by atoms with Gasteiger partial charge in [0.05, 0.1) is 12.7 Å². The Hall–Kier alpha value is -1.59. The number of benzene rings is 1. The molecule has 1 aliphatic rings. The highest BCUT2D eigenvalue weighted by atomic mass is 16.5. The van der Waals surface area contributed by atoms with Gasteiger partial charge in [0.1, 0.15) is 5.75 Å². The van der Waals surface area contributed by atoms with E-state index >= 15 is 0 Å². The lowest BCUT2D eigenvalue weighted by Crippen LogP contribution is -2.38. The SMILES string of the molecule is CCOc1ccc(C(=O)NCC(O)C2CCOCC2)cc1. The van der Waals surface area contributed by atoms with Crippen LogP contribution in [-0.2, 0) is 4.74 Å². The van der Waals surface area contributed by atoms with Crippen LogP contribution in [0.3, 0.4) is 0 Å². The van der Waals surface area contributed by atoms with E-state index < -0.39 is 6.10 Å². The maximum absolute atomic E-state index is 12.0. The van der Waals surface area contributed by atoms with Crippen molar-refractivity contribution < 1.29 is 19.4 Å². The highest BCUT2D eigenvalue weighted by molar-refractivity contribution is 5.94. The topological polar surface area (TPSA) is 67.8 Å². The molecule has 2 N–H and O–H groups in total. The molecular formula is C16H23NO4. The molecule has 0 spiro atoms. The molecular weight excluding hydrogens is 270 g/mol. The Bertz CT molecular complexity index is 440. The second-order valence-electron chi connectivity index (χ2n) is 5.18. The third-order valence-electron chi connectivity index (χ3n) is 3.71. The molecule has 1 saturated heterocycles. The molecule has 0 saturated carbocycles. The summed E-state index contributed by atoms with van der Waals surface area (Å²) in [6.07, 6.45) is 1.18. The van der Waals surface area contributed by atoms with Crippen molar-refractivity contribution in [3.05, 3.63) is 29.8 Å². The van der Waals surface area contributed by atoms with Crippen LogP contribution < -0.4 is 10.1 Å². The summed E-state index contributed by atoms with van der Waals surface area (Å²) in [5, 5.41) is 12.9. The van der Waals surface area contributed by atoms with Crippen molar-refractivity contribution in [3.63, 3.8) is 0 Å². The Labute approximate surface area is 125 Å². The van der Waals surface area contributed by atoms with E-state index in [0.29, 0.717) is 25.4 Å². The number of amides is 1. The normalized spacial score (nSPS) is 17.2. The van der Waals surface area contributed by atoms with Crippen LogP contribution in [-0.4, -0.2) is 43.5 Å². The number of nitrogens with one attached hydrogen (secondary N) is 1. The van der Waals surface area contributed by atoms with E-state index in [2.05, 4.69) is 5.32 Å². The van der Waals surface area contributed by atoms with Crippen LogP contribution in [0.15, 0.2) is 24.3 Å². The third kappa shape index (κ3) is 4.72. The molecule has 1 unspecified atom stereocenters. The fourth-order valence-electron chi connectivity index (χ4n) is 2.44. The summed E-state index contributed by atoms with van der Waals surface area (Å²) in [4.78, 5) is 12.0. The molecule has 1 aromatic carbocycles. The molecule has 0 aromatic heterocycles. The minimum absolute atomic E-state index is 0.177. The number of hydrogen-bond acceptors (Lipinski definition) is 4. The van der Waals surface area contributed by atoms with E-state index in [-0.39, 0.29) is 18.4 Å². The lowest BCUT2D eigenvalue weighted by Gasteiger charge is -2.26. The molecule has 1 atom stereocenters. The van der Waals surface area contributed by atoms with Gasteiger partial charge in [0.15, 0.2) is 0 Å². The summed E-state index contributed by atoms with van der Waals surface area (Å²) in [6, 6.07) is 6.99. The molecule has 1 fully saturated rings. The van der Waals surface area contributed by atoms with Crippen LogP contribution in [0.2, 0.25) is 0 Å². The van der Waals surface area contributed by atoms with Crippen molar-refractivity contribution in [1.29, 1.82) is 0 Å². The number of carbonyl (C=O) groups is 1. The van der Waals surface area contributed by atoms with Gasteiger partial charge in [0.2, 0.25) is 0 Å². The minimum Gasteiger partial charge on any atom is -0.494 e. The van der Waals surface area contributed by atoms with Crippen molar-refractivity contribution in [2.75, 3.05) is 26.4 Å². The van der Waals surface area contributed by atoms with Gasteiger partial charge in [0.25, 0.3) is 5.91 Å². The highest BCUT2D eigenvalue weighted by Gasteiger charge is 2.22. The van der Waals surface area contributed by atoms with E-state index in [9.17, 15) is 9.90 Å². The van der Waals surface area contributed by atoms with Gasteiger partial charge in [0, 0.05) is 25.3 Å². The zero-order valence-electron chi connectivity index (χ0n) is 12.4. The molecule has 0 aliphatic carbocycles. The summed E-state index contributed by atoms with van der Waals surface area (Å²) >= 11 is 0. The second-order valence-corrected chi connectivity index (χ2v) is 5.18. The van der Waals surface area contributed by atoms with Crippen LogP contribution in [0.4, 0.5) is 0 Å². The van der Waals surface area contributed by atoms with Gasteiger partial charge in [-0.3, -0.25) is 4.79 Å². The summed E-state index contributed by atoms with van der Waals surface area (Å²) < 4.78 is 10.6. The molecule has 1 aromatic rings. The van der Waals surface area contributed by atoms with Crippen LogP contribution in [0.25, 0.3) is 0 Å². The van der Waals surface area contributed by atoms with Crippen LogP contribution in [0.1, 0.15) is 30.1 Å². The Morgan fingerprint density at radius 3 is 2.67 bits per heavy atom. The average molecular weight is 293 g/mol. The van der Waals surface area contributed by atoms with E-state index in [1.807, 2.05) is 6.92 Å². The van der Waals surface area contributed by atoms with E-state index in [4.69, 9.17) is 9.47 Å². The van der Waals surface area contributed by atoms with Crippen molar-refractivity contribution in [2.24, 2.45) is 5.92 Å². The number of aliphatic hydroxyl groups excluding tert-OH is 1. The molecule has 1 amide bonds. The van der Waals surface area contributed by atoms with Gasteiger partial charge in [-0.25, -0.2) is 0 Å². The number of rotatable bonds is 6. The first-order valence-corrected chi connectivity index (χ1v) is 7.47. The monoisotopic (exact) mass is 293 g/mol. The predicted octanol–water partition coefficient (Wildman–Crippen LogP) is 1.60. The van der Waals surface area contributed by atoms with Gasteiger partial charge in [-0.15, -0.1) is 0 Å². The zero-order valence-corrected chi connectivity index (χ0v) is 12.4. The predicted molar refractivity (Wildman–Crippen MR) is 79.5 cm³/mol. The second kappa shape index (κ2) is 8.00. The van der Waals surface area contributed by atoms with Crippen molar-refractivity contribution in [3.8, 4) is 5.75 Å². The lowest BCUT2D eigenvalue weighted by molar-refractivity contribution is 0.00873. The Balaban J connectivity index is 1.80. The summed E-state index contributed by atoms with van der Waals surface area (Å²) in [5.41, 5.74) is 0.567. The molecule has 2 rings (SSSR count). The number of hydrogen-bond donors (Lipinski definition) is 2. The smallest absolute Gasteiger partial charge is 0.251 e. The van der Waals surface area contributed by atoms with E-state index in [0.717, 1.165) is 18.6 Å². The molecule has 0 bridgehead atoms. The number of aliphatic hydroxyl groups is 1. The first-order valence-electron chi connectivity index (χ1n) is 7.47. The third-order valence-corrected chi connectivity index (χ3v) is 3.71. The maximum Gasteiger partial charge on any atom is 0.251 e. The number of ether oxygens (including phenoxy) is 2. The van der Waals surface area contributed by atoms with Gasteiger partial charge in [-0.2, -0.15) is 0 Å². The van der Waals surface area contributed by atoms with Gasteiger partial charge in [-0.05, 0) is 49.9 Å². The Morgan fingerprint density at radius 1 is 1.38 bits per heavy atom. The largest absolute Gasteiger partial charge is 0.494 e. The molecule has 0 radical (unpaired) electrons. The maximum atomic E-state index is 12.0. The van der Waals surface area contributed by atoms with Crippen molar-refractivity contribution in [1.82, 2.24) is 5.32 Å². The van der Waals surface area contributed by atoms with E-state index in [1.165, 1.54) is 0 Å². The first-order chi connectivity index (χ1) is 10.2. The van der Waals surface area contributed by atoms with Crippen molar-refractivity contribution >= 4 is 5.91 Å². The molecule has 21 heavy (non-hydrogen) atoms. The first kappa shape index (κ1) is 15.8. The average Bonchev–Trinajstić information content (AvgIpc) is 2.54. The fraction of sp³-hybridized carbons (Fsp3) is 0.562. The highest BCUT2D eigenvalue weighted by Crippen LogP contribution is 2.18. The molecule has 1 heterocycles. The lowest BCUT2D eigenvalue weighted by atomic mass is 9.94. The van der Waals surface area contributed by atoms with Gasteiger partial charge in [-0.1, -0.05) is 0 Å². The minimum atomic E-state index is -0.513. The van der Waals surface area contributed by atoms with Crippen molar-refractivity contribution in [2.45, 2.75) is 25.9 Å². The summed E-state index contributed by atoms with van der Waals surface area (Å²) in [7, 11) is 0. The standard InChI is InChI=1S/C16H23NO4/c1-2-21-14-5-3-13(4-6-14)16(19)17-11-15(18)12-7-9-20-10-8-12/h3-6,12,15,18H,2,7-11H2,1H3,(H,17,19). The Kier molecular flexibility index (Phi) is 6.02. The molecule has 116 valence electrons.